The minimum atomic E-state index is -4.92. The van der Waals surface area contributed by atoms with E-state index in [1.807, 2.05) is 0 Å². The van der Waals surface area contributed by atoms with Crippen LogP contribution in [0.4, 0.5) is 4.79 Å². The zero-order valence-electron chi connectivity index (χ0n) is 11.3. The lowest BCUT2D eigenvalue weighted by molar-refractivity contribution is -0.868. The Morgan fingerprint density at radius 1 is 1.41 bits per heavy atom. The smallest absolute Gasteiger partial charge is 0.320 e. The second kappa shape index (κ2) is 7.50. The average Bonchev–Trinajstić information content (AvgIpc) is 2.43. The van der Waals surface area contributed by atoms with Crippen molar-refractivity contribution in [3.63, 3.8) is 0 Å². The maximum atomic E-state index is 11.8. The Balaban J connectivity index is 3.39. The highest BCUT2D eigenvalue weighted by Crippen LogP contribution is 2.48. The average molecular weight is 371 g/mol. The van der Waals surface area contributed by atoms with Gasteiger partial charge in [0.05, 0.1) is 5.88 Å². The molecule has 0 aromatic heterocycles. The van der Waals surface area contributed by atoms with Crippen molar-refractivity contribution in [2.45, 2.75) is 12.2 Å². The second-order valence-corrected chi connectivity index (χ2v) is 7.08. The first-order valence-corrected chi connectivity index (χ1v) is 8.65. The molecule has 2 atom stereocenters. The van der Waals surface area contributed by atoms with Gasteiger partial charge in [-0.3, -0.25) is 4.57 Å². The second-order valence-electron chi connectivity index (χ2n) is 4.52. The van der Waals surface area contributed by atoms with Gasteiger partial charge < -0.3 is 15.5 Å². The number of carbonyl (C=O) groups excluding carboxylic acids is 1. The maximum Gasteiger partial charge on any atom is 0.444 e. The summed E-state index contributed by atoms with van der Waals surface area (Å²) in [4.78, 5) is 42.0. The quantitative estimate of drug-likeness (QED) is 0.222. The number of hydrogen-bond donors (Lipinski definition) is 3. The molecule has 0 heterocycles. The van der Waals surface area contributed by atoms with E-state index in [1.165, 1.54) is 12.1 Å². The Bertz CT molecular complexity index is 611. The topological polar surface area (TPSA) is 130 Å². The van der Waals surface area contributed by atoms with Crippen LogP contribution in [0.15, 0.2) is 29.6 Å². The molecule has 0 aliphatic carbocycles. The summed E-state index contributed by atoms with van der Waals surface area (Å²) in [7, 11) is -4.92. The normalized spacial score (nSPS) is 15.8. The Labute approximate surface area is 136 Å². The highest BCUT2D eigenvalue weighted by atomic mass is 35.5. The van der Waals surface area contributed by atoms with Crippen molar-refractivity contribution >= 4 is 36.8 Å². The summed E-state index contributed by atoms with van der Waals surface area (Å²) >= 11 is 11.5. The fourth-order valence-electron chi connectivity index (χ4n) is 2.05. The fraction of sp³-hybridized carbons (Fsp3) is 0.364. The zero-order valence-corrected chi connectivity index (χ0v) is 13.7. The van der Waals surface area contributed by atoms with Crippen LogP contribution >= 0.6 is 30.8 Å². The number of halogens is 2. The number of quaternary nitrogens is 1. The summed E-state index contributed by atoms with van der Waals surface area (Å²) in [6.07, 6.45) is -0.366. The fourth-order valence-corrected chi connectivity index (χ4v) is 3.72. The van der Waals surface area contributed by atoms with Gasteiger partial charge in [0.2, 0.25) is 5.78 Å². The molecule has 1 rings (SSSR count). The van der Waals surface area contributed by atoms with Crippen molar-refractivity contribution in [2.75, 3.05) is 12.4 Å². The summed E-state index contributed by atoms with van der Waals surface area (Å²) < 4.78 is 10.3. The van der Waals surface area contributed by atoms with Crippen LogP contribution in [-0.2, 0) is 11.0 Å². The number of nitroso groups, excluding NO2 is 1. The summed E-state index contributed by atoms with van der Waals surface area (Å²) in [6, 6.07) is 4.98. The Morgan fingerprint density at radius 3 is 2.41 bits per heavy atom. The molecule has 2 amide bonds. The summed E-state index contributed by atoms with van der Waals surface area (Å²) in [5.41, 5.74) is 5.51. The summed E-state index contributed by atoms with van der Waals surface area (Å²) in [5.74, 6) is -2.05. The van der Waals surface area contributed by atoms with Crippen LogP contribution in [0.3, 0.4) is 0 Å². The monoisotopic (exact) mass is 370 g/mol. The van der Waals surface area contributed by atoms with Crippen molar-refractivity contribution in [2.24, 2.45) is 11.0 Å². The SMILES string of the molecule is NC(=O)[N+](CCCl)(N=O)C(Cc1ccccc1Cl)P(=O)(O)O. The van der Waals surface area contributed by atoms with Crippen LogP contribution < -0.4 is 5.73 Å². The molecule has 0 aliphatic rings. The zero-order chi connectivity index (χ0) is 17.0. The number of nitrogens with zero attached hydrogens (tertiary/aromatic N) is 2. The third-order valence-corrected chi connectivity index (χ3v) is 5.07. The summed E-state index contributed by atoms with van der Waals surface area (Å²) in [6.45, 7) is -0.444. The molecule has 8 nitrogen and oxygen atoms in total. The standard InChI is InChI=1S/C11H14Cl2N3O5P/c12-5-6-16(15-18,11(14)17)10(22(19,20)21)7-8-3-1-2-4-9(8)13/h1-4,10H,5-7H2,(H3-,14,17,19,20,21)/p+1. The molecule has 11 heteroatoms. The minimum Gasteiger partial charge on any atom is -0.320 e. The molecule has 4 N–H and O–H groups in total. The van der Waals surface area contributed by atoms with Gasteiger partial charge in [0.1, 0.15) is 6.54 Å². The Hall–Kier alpha value is -1.02. The predicted octanol–water partition coefficient (Wildman–Crippen LogP) is 2.20. The molecule has 122 valence electrons. The minimum absolute atomic E-state index is 0.236. The first kappa shape index (κ1) is 19.0. The summed E-state index contributed by atoms with van der Waals surface area (Å²) in [5, 5.41) is 2.83. The lowest BCUT2D eigenvalue weighted by Crippen LogP contribution is -2.59. The van der Waals surface area contributed by atoms with Crippen LogP contribution in [0.1, 0.15) is 5.56 Å². The number of carbonyl (C=O) groups is 1. The molecule has 0 aliphatic heterocycles. The van der Waals surface area contributed by atoms with Crippen molar-refractivity contribution in [1.29, 1.82) is 0 Å². The number of urea groups is 1. The predicted molar refractivity (Wildman–Crippen MR) is 82.2 cm³/mol. The molecule has 0 bridgehead atoms. The van der Waals surface area contributed by atoms with Gasteiger partial charge in [0.15, 0.2) is 5.29 Å². The number of rotatable bonds is 7. The highest BCUT2D eigenvalue weighted by molar-refractivity contribution is 7.52. The largest absolute Gasteiger partial charge is 0.444 e. The van der Waals surface area contributed by atoms with Crippen LogP contribution in [0.5, 0.6) is 0 Å². The van der Waals surface area contributed by atoms with E-state index in [0.717, 1.165) is 0 Å². The third kappa shape index (κ3) is 4.04. The molecule has 22 heavy (non-hydrogen) atoms. The Morgan fingerprint density at radius 2 is 2.00 bits per heavy atom. The first-order chi connectivity index (χ1) is 10.2. The number of benzene rings is 1. The molecule has 0 radical (unpaired) electrons. The van der Waals surface area contributed by atoms with Gasteiger partial charge in [-0.05, 0) is 11.6 Å². The van der Waals surface area contributed by atoms with E-state index in [-0.39, 0.29) is 17.3 Å². The molecule has 1 aromatic rings. The number of amides is 2. The van der Waals surface area contributed by atoms with Gasteiger partial charge in [-0.1, -0.05) is 39.3 Å². The molecule has 1 aromatic carbocycles. The van der Waals surface area contributed by atoms with Crippen LogP contribution in [0.2, 0.25) is 5.02 Å². The lowest BCUT2D eigenvalue weighted by atomic mass is 10.1. The Kier molecular flexibility index (Phi) is 6.49. The van der Waals surface area contributed by atoms with E-state index in [9.17, 15) is 24.1 Å². The van der Waals surface area contributed by atoms with Crippen molar-refractivity contribution < 1.29 is 23.7 Å². The van der Waals surface area contributed by atoms with Crippen molar-refractivity contribution in [3.05, 3.63) is 39.8 Å². The molecule has 0 spiro atoms. The van der Waals surface area contributed by atoms with Gasteiger partial charge >= 0.3 is 13.6 Å². The molecular weight excluding hydrogens is 356 g/mol. The first-order valence-electron chi connectivity index (χ1n) is 6.06. The molecular formula is C11H15Cl2N3O5P+. The van der Waals surface area contributed by atoms with Crippen molar-refractivity contribution in [1.82, 2.24) is 0 Å². The number of nitrogens with two attached hydrogens (primary N) is 1. The number of alkyl halides is 1. The van der Waals surface area contributed by atoms with Gasteiger partial charge in [-0.25, -0.2) is 4.79 Å². The van der Waals surface area contributed by atoms with E-state index in [0.29, 0.717) is 5.56 Å². The van der Waals surface area contributed by atoms with Crippen LogP contribution in [-0.4, -0.2) is 38.6 Å². The number of primary amides is 1. The van der Waals surface area contributed by atoms with Gasteiger partial charge in [-0.2, -0.15) is 0 Å². The van der Waals surface area contributed by atoms with Crippen LogP contribution in [0.25, 0.3) is 0 Å². The van der Waals surface area contributed by atoms with E-state index in [2.05, 4.69) is 5.29 Å². The van der Waals surface area contributed by atoms with Crippen molar-refractivity contribution in [3.8, 4) is 0 Å². The van der Waals surface area contributed by atoms with E-state index < -0.39 is 30.5 Å². The lowest BCUT2D eigenvalue weighted by Gasteiger charge is -2.31. The van der Waals surface area contributed by atoms with Crippen LogP contribution in [0, 0.1) is 4.91 Å². The number of hydrogen-bond acceptors (Lipinski definition) is 4. The molecule has 2 unspecified atom stereocenters. The van der Waals surface area contributed by atoms with Gasteiger partial charge in [0.25, 0.3) is 0 Å². The molecule has 0 saturated heterocycles. The third-order valence-electron chi connectivity index (χ3n) is 3.19. The van der Waals surface area contributed by atoms with E-state index in [1.54, 1.807) is 12.1 Å². The van der Waals surface area contributed by atoms with E-state index in [4.69, 9.17) is 28.9 Å². The highest BCUT2D eigenvalue weighted by Gasteiger charge is 2.55. The van der Waals surface area contributed by atoms with Gasteiger partial charge in [0, 0.05) is 11.4 Å². The van der Waals surface area contributed by atoms with Gasteiger partial charge in [-0.15, -0.1) is 11.6 Å². The molecule has 0 saturated carbocycles. The molecule has 0 fully saturated rings. The maximum absolute atomic E-state index is 11.8. The van der Waals surface area contributed by atoms with E-state index >= 15 is 0 Å².